The lowest BCUT2D eigenvalue weighted by molar-refractivity contribution is 0.0228. The van der Waals surface area contributed by atoms with Gasteiger partial charge < -0.3 is 9.72 Å². The van der Waals surface area contributed by atoms with Gasteiger partial charge in [-0.2, -0.15) is 0 Å². The molecule has 1 fully saturated rings. The molecule has 0 bridgehead atoms. The molecule has 1 unspecified atom stereocenters. The Morgan fingerprint density at radius 2 is 2.17 bits per heavy atom. The van der Waals surface area contributed by atoms with Crippen molar-refractivity contribution in [2.24, 2.45) is 5.92 Å². The minimum Gasteiger partial charge on any atom is -0.370 e. The summed E-state index contributed by atoms with van der Waals surface area (Å²) in [6.07, 6.45) is 2.10. The van der Waals surface area contributed by atoms with E-state index >= 15 is 0 Å². The van der Waals surface area contributed by atoms with Crippen molar-refractivity contribution < 1.29 is 4.74 Å². The van der Waals surface area contributed by atoms with Crippen molar-refractivity contribution >= 4 is 15.9 Å². The Labute approximate surface area is 115 Å². The number of nitrogens with zero attached hydrogens (tertiary/aromatic N) is 1. The molecule has 1 N–H and O–H groups in total. The molecular formula is C13H19BrN2O2. The average Bonchev–Trinajstić information content (AvgIpc) is 3.13. The number of H-pyrrole nitrogens is 1. The Hall–Kier alpha value is -0.680. The monoisotopic (exact) mass is 314 g/mol. The van der Waals surface area contributed by atoms with Crippen LogP contribution in [0.25, 0.3) is 0 Å². The molecule has 1 aliphatic carbocycles. The van der Waals surface area contributed by atoms with Crippen molar-refractivity contribution in [3.8, 4) is 0 Å². The lowest BCUT2D eigenvalue weighted by Crippen LogP contribution is -2.22. The quantitative estimate of drug-likeness (QED) is 0.908. The van der Waals surface area contributed by atoms with Gasteiger partial charge in [0.15, 0.2) is 0 Å². The van der Waals surface area contributed by atoms with E-state index in [0.717, 1.165) is 18.5 Å². The van der Waals surface area contributed by atoms with Crippen LogP contribution in [0, 0.1) is 5.92 Å². The summed E-state index contributed by atoms with van der Waals surface area (Å²) in [5.41, 5.74) is 0.784. The van der Waals surface area contributed by atoms with Crippen LogP contribution in [0.5, 0.6) is 0 Å². The highest BCUT2D eigenvalue weighted by Crippen LogP contribution is 2.41. The highest BCUT2D eigenvalue weighted by molar-refractivity contribution is 9.10. The fraction of sp³-hybridized carbons (Fsp3) is 0.692. The Balaban J connectivity index is 2.40. The van der Waals surface area contributed by atoms with Gasteiger partial charge in [0.1, 0.15) is 16.4 Å². The van der Waals surface area contributed by atoms with E-state index in [9.17, 15) is 4.79 Å². The van der Waals surface area contributed by atoms with E-state index in [-0.39, 0.29) is 17.6 Å². The van der Waals surface area contributed by atoms with Crippen molar-refractivity contribution in [2.45, 2.75) is 45.6 Å². The molecule has 1 aliphatic rings. The zero-order chi connectivity index (χ0) is 13.3. The summed E-state index contributed by atoms with van der Waals surface area (Å²) in [4.78, 5) is 19.4. The summed E-state index contributed by atoms with van der Waals surface area (Å²) < 4.78 is 6.27. The summed E-state index contributed by atoms with van der Waals surface area (Å²) in [5.74, 6) is 1.37. The maximum Gasteiger partial charge on any atom is 0.265 e. The largest absolute Gasteiger partial charge is 0.370 e. The molecule has 2 rings (SSSR count). The SMILES string of the molecule is CCOC(c1nc(C2CC2)c(Br)c(=O)[nH]1)C(C)C. The van der Waals surface area contributed by atoms with Gasteiger partial charge in [-0.15, -0.1) is 0 Å². The second-order valence-corrected chi connectivity index (χ2v) is 5.84. The second-order valence-electron chi connectivity index (χ2n) is 5.04. The molecule has 100 valence electrons. The molecule has 1 aromatic rings. The molecule has 0 aliphatic heterocycles. The molecule has 5 heteroatoms. The standard InChI is InChI=1S/C13H19BrN2O2/c1-4-18-11(7(2)3)12-15-10(8-5-6-8)9(14)13(17)16-12/h7-8,11H,4-6H2,1-3H3,(H,15,16,17). The Morgan fingerprint density at radius 1 is 1.50 bits per heavy atom. The number of nitrogens with one attached hydrogen (secondary N) is 1. The number of hydrogen-bond acceptors (Lipinski definition) is 3. The maximum absolute atomic E-state index is 11.9. The third-order valence-corrected chi connectivity index (χ3v) is 3.86. The minimum atomic E-state index is -0.145. The summed E-state index contributed by atoms with van der Waals surface area (Å²) >= 11 is 3.33. The van der Waals surface area contributed by atoms with Crippen LogP contribution in [0.4, 0.5) is 0 Å². The third-order valence-electron chi connectivity index (χ3n) is 3.09. The summed E-state index contributed by atoms with van der Waals surface area (Å²) in [7, 11) is 0. The summed E-state index contributed by atoms with van der Waals surface area (Å²) in [5, 5.41) is 0. The van der Waals surface area contributed by atoms with Crippen LogP contribution in [-0.4, -0.2) is 16.6 Å². The topological polar surface area (TPSA) is 55.0 Å². The van der Waals surface area contributed by atoms with E-state index < -0.39 is 0 Å². The van der Waals surface area contributed by atoms with Crippen molar-refractivity contribution in [3.05, 3.63) is 26.3 Å². The fourth-order valence-corrected chi connectivity index (χ4v) is 2.53. The van der Waals surface area contributed by atoms with Crippen molar-refractivity contribution in [1.29, 1.82) is 0 Å². The van der Waals surface area contributed by atoms with Crippen molar-refractivity contribution in [3.63, 3.8) is 0 Å². The normalized spacial score (nSPS) is 17.2. The molecule has 0 saturated heterocycles. The number of hydrogen-bond donors (Lipinski definition) is 1. The molecule has 0 radical (unpaired) electrons. The zero-order valence-corrected chi connectivity index (χ0v) is 12.6. The second kappa shape index (κ2) is 5.53. The van der Waals surface area contributed by atoms with Gasteiger partial charge in [-0.1, -0.05) is 13.8 Å². The van der Waals surface area contributed by atoms with E-state index in [1.807, 2.05) is 6.92 Å². The molecular weight excluding hydrogens is 296 g/mol. The van der Waals surface area contributed by atoms with Crippen molar-refractivity contribution in [2.75, 3.05) is 6.61 Å². The molecule has 1 atom stereocenters. The molecule has 0 spiro atoms. The van der Waals surface area contributed by atoms with Crippen LogP contribution in [-0.2, 0) is 4.74 Å². The Kier molecular flexibility index (Phi) is 4.22. The number of aromatic nitrogens is 2. The minimum absolute atomic E-state index is 0.104. The molecule has 1 heterocycles. The first-order valence-corrected chi connectivity index (χ1v) is 7.25. The summed E-state index contributed by atoms with van der Waals surface area (Å²) in [6, 6.07) is 0. The van der Waals surface area contributed by atoms with Gasteiger partial charge >= 0.3 is 0 Å². The Bertz CT molecular complexity index is 480. The van der Waals surface area contributed by atoms with Gasteiger partial charge in [0.2, 0.25) is 0 Å². The van der Waals surface area contributed by atoms with Gasteiger partial charge in [-0.25, -0.2) is 4.98 Å². The van der Waals surface area contributed by atoms with Gasteiger partial charge in [-0.3, -0.25) is 4.79 Å². The lowest BCUT2D eigenvalue weighted by atomic mass is 10.1. The summed E-state index contributed by atoms with van der Waals surface area (Å²) in [6.45, 7) is 6.70. The van der Waals surface area contributed by atoms with Crippen LogP contribution < -0.4 is 5.56 Å². The van der Waals surface area contributed by atoms with Crippen LogP contribution >= 0.6 is 15.9 Å². The number of ether oxygens (including phenoxy) is 1. The maximum atomic E-state index is 11.9. The van der Waals surface area contributed by atoms with E-state index in [2.05, 4.69) is 39.7 Å². The van der Waals surface area contributed by atoms with Gasteiger partial charge in [-0.05, 0) is 41.6 Å². The molecule has 0 aromatic carbocycles. The number of halogens is 1. The fourth-order valence-electron chi connectivity index (χ4n) is 2.02. The number of rotatable bonds is 5. The van der Waals surface area contributed by atoms with Crippen LogP contribution in [0.2, 0.25) is 0 Å². The smallest absolute Gasteiger partial charge is 0.265 e. The molecule has 1 aromatic heterocycles. The van der Waals surface area contributed by atoms with Gasteiger partial charge in [0.05, 0.1) is 5.69 Å². The highest BCUT2D eigenvalue weighted by Gasteiger charge is 2.30. The molecule has 0 amide bonds. The first kappa shape index (κ1) is 13.7. The predicted octanol–water partition coefficient (Wildman–Crippen LogP) is 3.14. The first-order chi connectivity index (χ1) is 8.54. The molecule has 4 nitrogen and oxygen atoms in total. The van der Waals surface area contributed by atoms with E-state index in [1.165, 1.54) is 0 Å². The third kappa shape index (κ3) is 2.83. The van der Waals surface area contributed by atoms with Crippen LogP contribution in [0.15, 0.2) is 9.27 Å². The van der Waals surface area contributed by atoms with Gasteiger partial charge in [0, 0.05) is 12.5 Å². The van der Waals surface area contributed by atoms with E-state index in [1.54, 1.807) is 0 Å². The zero-order valence-electron chi connectivity index (χ0n) is 11.0. The van der Waals surface area contributed by atoms with E-state index in [4.69, 9.17) is 4.74 Å². The average molecular weight is 315 g/mol. The number of aromatic amines is 1. The first-order valence-electron chi connectivity index (χ1n) is 6.45. The van der Waals surface area contributed by atoms with E-state index in [0.29, 0.717) is 22.8 Å². The van der Waals surface area contributed by atoms with Crippen molar-refractivity contribution in [1.82, 2.24) is 9.97 Å². The van der Waals surface area contributed by atoms with Gasteiger partial charge in [0.25, 0.3) is 5.56 Å². The molecule has 1 saturated carbocycles. The Morgan fingerprint density at radius 3 is 2.67 bits per heavy atom. The van der Waals surface area contributed by atoms with Crippen LogP contribution in [0.1, 0.15) is 57.2 Å². The highest BCUT2D eigenvalue weighted by atomic mass is 79.9. The predicted molar refractivity (Wildman–Crippen MR) is 73.7 cm³/mol. The molecule has 18 heavy (non-hydrogen) atoms. The lowest BCUT2D eigenvalue weighted by Gasteiger charge is -2.20. The van der Waals surface area contributed by atoms with Crippen LogP contribution in [0.3, 0.4) is 0 Å².